The number of nitrogen functional groups attached to an aromatic ring is 1. The molecule has 5 N–H and O–H groups in total. The molecular formula is C29H36N2O8S. The predicted octanol–water partition coefficient (Wildman–Crippen LogP) is 4.31. The Morgan fingerprint density at radius 1 is 1.18 bits per heavy atom. The van der Waals surface area contributed by atoms with E-state index in [1.54, 1.807) is 20.3 Å². The average Bonchev–Trinajstić information content (AvgIpc) is 3.37. The maximum atomic E-state index is 10.7. The van der Waals surface area contributed by atoms with Gasteiger partial charge in [0.15, 0.2) is 11.5 Å². The number of methoxy groups -OCH3 is 2. The molecule has 0 radical (unpaired) electrons. The number of anilines is 1. The van der Waals surface area contributed by atoms with Gasteiger partial charge in [-0.15, -0.1) is 11.3 Å². The summed E-state index contributed by atoms with van der Waals surface area (Å²) in [6.45, 7) is 7.78. The number of ether oxygens (including phenoxy) is 3. The Balaban J connectivity index is 0.000000663. The number of carboxylic acid groups (broad SMARTS) is 2. The highest BCUT2D eigenvalue weighted by molar-refractivity contribution is 7.19. The van der Waals surface area contributed by atoms with E-state index in [4.69, 9.17) is 39.7 Å². The van der Waals surface area contributed by atoms with Gasteiger partial charge in [-0.1, -0.05) is 18.7 Å². The summed E-state index contributed by atoms with van der Waals surface area (Å²) in [4.78, 5) is 21.9. The number of aliphatic carboxylic acids is 2. The second-order valence-corrected chi connectivity index (χ2v) is 10.6. The van der Waals surface area contributed by atoms with Crippen molar-refractivity contribution in [1.29, 1.82) is 0 Å². The lowest BCUT2D eigenvalue weighted by molar-refractivity contribution is -0.159. The van der Waals surface area contributed by atoms with Crippen LogP contribution in [0, 0.1) is 0 Å². The number of hydrogen-bond donors (Lipinski definition) is 4. The summed E-state index contributed by atoms with van der Waals surface area (Å²) >= 11 is 1.84. The van der Waals surface area contributed by atoms with Crippen molar-refractivity contribution < 1.29 is 39.1 Å². The zero-order chi connectivity index (χ0) is 29.4. The molecule has 2 heterocycles. The number of carbonyl (C=O) groups is 2. The Hall–Kier alpha value is -3.80. The zero-order valence-electron chi connectivity index (χ0n) is 22.8. The number of benzene rings is 2. The maximum Gasteiger partial charge on any atom is 0.414 e. The van der Waals surface area contributed by atoms with Crippen molar-refractivity contribution in [1.82, 2.24) is 4.90 Å². The van der Waals surface area contributed by atoms with Gasteiger partial charge >= 0.3 is 11.9 Å². The van der Waals surface area contributed by atoms with Gasteiger partial charge in [-0.25, -0.2) is 9.59 Å². The molecule has 4 rings (SSSR count). The molecule has 2 unspecified atom stereocenters. The summed E-state index contributed by atoms with van der Waals surface area (Å²) in [5.74, 6) is -0.939. The number of carboxylic acids is 2. The van der Waals surface area contributed by atoms with E-state index in [-0.39, 0.29) is 6.61 Å². The van der Waals surface area contributed by atoms with E-state index >= 15 is 0 Å². The first-order valence-corrected chi connectivity index (χ1v) is 13.6. The number of hydrogen-bond acceptors (Lipinski definition) is 9. The molecule has 2 aromatic carbocycles. The van der Waals surface area contributed by atoms with Crippen LogP contribution in [0.2, 0.25) is 0 Å². The molecule has 0 amide bonds. The number of thiophene rings is 1. The first-order chi connectivity index (χ1) is 19.1. The van der Waals surface area contributed by atoms with Crippen LogP contribution in [0.4, 0.5) is 5.69 Å². The molecule has 1 aromatic heterocycles. The summed E-state index contributed by atoms with van der Waals surface area (Å²) in [6, 6.07) is 12.2. The van der Waals surface area contributed by atoms with Crippen molar-refractivity contribution in [3.8, 4) is 17.2 Å². The molecule has 1 saturated heterocycles. The average molecular weight is 573 g/mol. The summed E-state index contributed by atoms with van der Waals surface area (Å²) in [6.07, 6.45) is 3.21. The van der Waals surface area contributed by atoms with E-state index < -0.39 is 18.0 Å². The van der Waals surface area contributed by atoms with Gasteiger partial charge in [-0.3, -0.25) is 4.90 Å². The molecule has 10 nitrogen and oxygen atoms in total. The smallest absolute Gasteiger partial charge is 0.414 e. The van der Waals surface area contributed by atoms with Crippen LogP contribution in [0.25, 0.3) is 16.2 Å². The molecule has 0 bridgehead atoms. The van der Waals surface area contributed by atoms with Crippen LogP contribution in [0.1, 0.15) is 36.1 Å². The first-order valence-electron chi connectivity index (χ1n) is 12.8. The van der Waals surface area contributed by atoms with Gasteiger partial charge in [-0.2, -0.15) is 0 Å². The van der Waals surface area contributed by atoms with Crippen molar-refractivity contribution in [2.24, 2.45) is 0 Å². The van der Waals surface area contributed by atoms with Gasteiger partial charge in [-0.05, 0) is 62.6 Å². The Labute approximate surface area is 237 Å². The molecule has 3 atom stereocenters. The first kappa shape index (κ1) is 30.7. The van der Waals surface area contributed by atoms with E-state index in [1.807, 2.05) is 35.6 Å². The fraction of sp³-hybridized carbons (Fsp3) is 0.379. The van der Waals surface area contributed by atoms with Gasteiger partial charge in [0.25, 0.3) is 0 Å². The topological polar surface area (TPSA) is 152 Å². The van der Waals surface area contributed by atoms with Crippen molar-refractivity contribution in [3.63, 3.8) is 0 Å². The number of aliphatic hydroxyl groups is 1. The Morgan fingerprint density at radius 2 is 1.90 bits per heavy atom. The number of rotatable bonds is 9. The summed E-state index contributed by atoms with van der Waals surface area (Å²) in [7, 11) is 3.36. The molecule has 0 aliphatic carbocycles. The minimum atomic E-state index is -1.82. The van der Waals surface area contributed by atoms with Gasteiger partial charge in [0.05, 0.1) is 14.2 Å². The van der Waals surface area contributed by atoms with Crippen LogP contribution < -0.4 is 19.9 Å². The minimum absolute atomic E-state index is 0.217. The van der Waals surface area contributed by atoms with E-state index in [2.05, 4.69) is 30.5 Å². The van der Waals surface area contributed by atoms with E-state index in [0.29, 0.717) is 29.9 Å². The fourth-order valence-corrected chi connectivity index (χ4v) is 6.03. The van der Waals surface area contributed by atoms with Crippen LogP contribution in [0.3, 0.4) is 0 Å². The number of nitrogens with two attached hydrogens (primary N) is 1. The van der Waals surface area contributed by atoms with E-state index in [0.717, 1.165) is 41.8 Å². The molecule has 1 fully saturated rings. The normalized spacial score (nSPS) is 17.8. The van der Waals surface area contributed by atoms with Crippen LogP contribution in [-0.2, 0) is 9.59 Å². The zero-order valence-corrected chi connectivity index (χ0v) is 23.6. The largest absolute Gasteiger partial charge is 0.493 e. The number of aliphatic hydroxyl groups excluding tert-OH is 1. The number of β-amino-alcohol motifs (C(OH)–C–C–N with tert-alkyl or cyclic N) is 1. The standard InChI is InChI=1S/C27H34N2O4S.C2H2O4/c1-5-20-22(28)7-6-8-23(20)33-16-19(30)15-29-12-11-18(13-17(29)2)26-14-21-25(34-26)10-9-24(31-3)27(21)32-4;3-1(4)2(5)6/h5-10,14,17-19,30H,1,11-13,15-16,28H2,2-4H3;(H,3,4)(H,5,6)/t17?,18-,19?;/m0./s1. The van der Waals surface area contributed by atoms with Crippen LogP contribution in [0.15, 0.2) is 43.0 Å². The van der Waals surface area contributed by atoms with Crippen LogP contribution in [-0.4, -0.2) is 78.2 Å². The molecule has 216 valence electrons. The maximum absolute atomic E-state index is 10.7. The van der Waals surface area contributed by atoms with Crippen molar-refractivity contribution in [3.05, 3.63) is 53.4 Å². The van der Waals surface area contributed by atoms with Crippen LogP contribution in [0.5, 0.6) is 17.2 Å². The highest BCUT2D eigenvalue weighted by Gasteiger charge is 2.29. The highest BCUT2D eigenvalue weighted by Crippen LogP contribution is 2.44. The quantitative estimate of drug-likeness (QED) is 0.216. The molecule has 1 aliphatic heterocycles. The van der Waals surface area contributed by atoms with Crippen molar-refractivity contribution in [2.45, 2.75) is 37.8 Å². The molecule has 0 saturated carbocycles. The Morgan fingerprint density at radius 3 is 2.50 bits per heavy atom. The highest BCUT2D eigenvalue weighted by atomic mass is 32.1. The Kier molecular flexibility index (Phi) is 10.8. The fourth-order valence-electron chi connectivity index (χ4n) is 4.82. The summed E-state index contributed by atoms with van der Waals surface area (Å²) < 4.78 is 18.2. The molecular weight excluding hydrogens is 536 g/mol. The summed E-state index contributed by atoms with van der Waals surface area (Å²) in [5, 5.41) is 26.5. The minimum Gasteiger partial charge on any atom is -0.493 e. The molecule has 1 aliphatic rings. The Bertz CT molecular complexity index is 1330. The lowest BCUT2D eigenvalue weighted by atomic mass is 9.90. The third-order valence-electron chi connectivity index (χ3n) is 6.84. The third-order valence-corrected chi connectivity index (χ3v) is 8.10. The van der Waals surface area contributed by atoms with Crippen molar-refractivity contribution in [2.75, 3.05) is 39.6 Å². The molecule has 11 heteroatoms. The van der Waals surface area contributed by atoms with E-state index in [9.17, 15) is 5.11 Å². The lowest BCUT2D eigenvalue weighted by Crippen LogP contribution is -2.45. The monoisotopic (exact) mass is 572 g/mol. The van der Waals surface area contributed by atoms with Crippen molar-refractivity contribution >= 4 is 45.1 Å². The third kappa shape index (κ3) is 7.44. The number of fused-ring (bicyclic) bond motifs is 1. The second-order valence-electron chi connectivity index (χ2n) is 9.47. The second kappa shape index (κ2) is 14.0. The van der Waals surface area contributed by atoms with Gasteiger partial charge in [0.1, 0.15) is 18.5 Å². The van der Waals surface area contributed by atoms with E-state index in [1.165, 1.54) is 9.58 Å². The lowest BCUT2D eigenvalue weighted by Gasteiger charge is -2.38. The number of piperidine rings is 1. The molecule has 0 spiro atoms. The predicted molar refractivity (Wildman–Crippen MR) is 156 cm³/mol. The van der Waals surface area contributed by atoms with Gasteiger partial charge in [0, 0.05) is 38.8 Å². The number of likely N-dealkylation sites (tertiary alicyclic amines) is 1. The molecule has 3 aromatic rings. The number of nitrogens with zero attached hydrogens (tertiary/aromatic N) is 1. The van der Waals surface area contributed by atoms with Gasteiger partial charge < -0.3 is 35.3 Å². The van der Waals surface area contributed by atoms with Crippen LogP contribution >= 0.6 is 11.3 Å². The summed E-state index contributed by atoms with van der Waals surface area (Å²) in [5.41, 5.74) is 7.37. The van der Waals surface area contributed by atoms with Gasteiger partial charge in [0.2, 0.25) is 0 Å². The molecule has 40 heavy (non-hydrogen) atoms. The SMILES string of the molecule is C=Cc1c(N)cccc1OCC(O)CN1CC[C@H](c2cc3c(OC)c(OC)ccc3s2)CC1C.O=C(O)C(=O)O.